The van der Waals surface area contributed by atoms with Gasteiger partial charge in [-0.2, -0.15) is 0 Å². The number of rotatable bonds is 3. The number of carbonyl (C=O) groups is 1. The van der Waals surface area contributed by atoms with Crippen LogP contribution >= 0.6 is 0 Å². The zero-order chi connectivity index (χ0) is 16.7. The average molecular weight is 320 g/mol. The fourth-order valence-corrected chi connectivity index (χ4v) is 3.03. The SMILES string of the molecule is Cc1c(-c2ccc(C(N)=O)cc2)cccc1-c1[nH]cc2c1OCO2. The molecule has 2 aromatic carbocycles. The second kappa shape index (κ2) is 5.45. The Morgan fingerprint density at radius 2 is 1.83 bits per heavy atom. The number of fused-ring (bicyclic) bond motifs is 1. The molecule has 1 aliphatic rings. The Hall–Kier alpha value is -3.21. The van der Waals surface area contributed by atoms with Gasteiger partial charge in [0.1, 0.15) is 0 Å². The molecule has 0 unspecified atom stereocenters. The summed E-state index contributed by atoms with van der Waals surface area (Å²) >= 11 is 0. The van der Waals surface area contributed by atoms with Crippen molar-refractivity contribution in [2.45, 2.75) is 6.92 Å². The highest BCUT2D eigenvalue weighted by Crippen LogP contribution is 2.43. The first-order valence-corrected chi connectivity index (χ1v) is 7.62. The molecular weight excluding hydrogens is 304 g/mol. The van der Waals surface area contributed by atoms with Gasteiger partial charge in [0.15, 0.2) is 11.5 Å². The third-order valence-electron chi connectivity index (χ3n) is 4.30. The number of benzene rings is 2. The van der Waals surface area contributed by atoms with Crippen LogP contribution in [-0.2, 0) is 0 Å². The molecule has 1 aromatic heterocycles. The first-order valence-electron chi connectivity index (χ1n) is 7.62. The number of hydrogen-bond acceptors (Lipinski definition) is 3. The lowest BCUT2D eigenvalue weighted by Crippen LogP contribution is -2.10. The number of primary amides is 1. The first kappa shape index (κ1) is 14.4. The van der Waals surface area contributed by atoms with E-state index in [9.17, 15) is 4.79 Å². The minimum Gasteiger partial charge on any atom is -0.452 e. The number of H-pyrrole nitrogens is 1. The predicted octanol–water partition coefficient (Wildman–Crippen LogP) is 3.48. The predicted molar refractivity (Wildman–Crippen MR) is 91.0 cm³/mol. The van der Waals surface area contributed by atoms with Crippen LogP contribution in [0.5, 0.6) is 11.5 Å². The van der Waals surface area contributed by atoms with Crippen molar-refractivity contribution in [3.8, 4) is 33.9 Å². The summed E-state index contributed by atoms with van der Waals surface area (Å²) in [7, 11) is 0. The van der Waals surface area contributed by atoms with Gasteiger partial charge in [-0.05, 0) is 35.7 Å². The number of carbonyl (C=O) groups excluding carboxylic acids is 1. The molecule has 3 aromatic rings. The van der Waals surface area contributed by atoms with E-state index in [1.54, 1.807) is 12.1 Å². The number of aromatic nitrogens is 1. The van der Waals surface area contributed by atoms with Gasteiger partial charge in [0.05, 0.1) is 5.69 Å². The van der Waals surface area contributed by atoms with E-state index in [2.05, 4.69) is 18.0 Å². The number of amides is 1. The highest BCUT2D eigenvalue weighted by atomic mass is 16.7. The topological polar surface area (TPSA) is 77.3 Å². The summed E-state index contributed by atoms with van der Waals surface area (Å²) in [5, 5.41) is 0. The van der Waals surface area contributed by atoms with Crippen LogP contribution in [0.4, 0.5) is 0 Å². The maximum Gasteiger partial charge on any atom is 0.248 e. The standard InChI is InChI=1S/C19H16N2O3/c1-11-14(12-5-7-13(8-6-12)19(20)22)3-2-4-15(11)17-18-16(9-21-17)23-10-24-18/h2-9,21H,10H2,1H3,(H2,20,22). The third kappa shape index (κ3) is 2.22. The Morgan fingerprint density at radius 3 is 2.58 bits per heavy atom. The van der Waals surface area contributed by atoms with Crippen molar-refractivity contribution in [3.05, 3.63) is 59.8 Å². The molecule has 0 saturated heterocycles. The number of nitrogens with one attached hydrogen (secondary N) is 1. The van der Waals surface area contributed by atoms with E-state index in [0.29, 0.717) is 5.56 Å². The van der Waals surface area contributed by atoms with E-state index >= 15 is 0 Å². The van der Waals surface area contributed by atoms with E-state index in [1.165, 1.54) is 0 Å². The Morgan fingerprint density at radius 1 is 1.08 bits per heavy atom. The van der Waals surface area contributed by atoms with Gasteiger partial charge in [0, 0.05) is 17.3 Å². The summed E-state index contributed by atoms with van der Waals surface area (Å²) < 4.78 is 11.0. The van der Waals surface area contributed by atoms with Crippen LogP contribution in [-0.4, -0.2) is 17.7 Å². The lowest BCUT2D eigenvalue weighted by molar-refractivity contribution is 0.100. The largest absolute Gasteiger partial charge is 0.452 e. The van der Waals surface area contributed by atoms with Gasteiger partial charge < -0.3 is 20.2 Å². The zero-order valence-corrected chi connectivity index (χ0v) is 13.1. The smallest absolute Gasteiger partial charge is 0.248 e. The van der Waals surface area contributed by atoms with Gasteiger partial charge in [0.2, 0.25) is 12.7 Å². The number of nitrogens with two attached hydrogens (primary N) is 1. The van der Waals surface area contributed by atoms with Gasteiger partial charge in [-0.1, -0.05) is 30.3 Å². The molecule has 5 nitrogen and oxygen atoms in total. The average Bonchev–Trinajstić information content (AvgIpc) is 3.19. The van der Waals surface area contributed by atoms with E-state index < -0.39 is 5.91 Å². The molecule has 0 aliphatic carbocycles. The van der Waals surface area contributed by atoms with Crippen LogP contribution in [0.15, 0.2) is 48.7 Å². The summed E-state index contributed by atoms with van der Waals surface area (Å²) in [5.41, 5.74) is 11.0. The zero-order valence-electron chi connectivity index (χ0n) is 13.1. The molecule has 0 saturated carbocycles. The Bertz CT molecular complexity index is 926. The normalized spacial score (nSPS) is 12.4. The fraction of sp³-hybridized carbons (Fsp3) is 0.105. The maximum absolute atomic E-state index is 11.2. The van der Waals surface area contributed by atoms with Crippen LogP contribution in [0.2, 0.25) is 0 Å². The molecule has 1 amide bonds. The van der Waals surface area contributed by atoms with Crippen molar-refractivity contribution < 1.29 is 14.3 Å². The first-order chi connectivity index (χ1) is 11.6. The molecular formula is C19H16N2O3. The van der Waals surface area contributed by atoms with E-state index in [4.69, 9.17) is 15.2 Å². The molecule has 0 atom stereocenters. The summed E-state index contributed by atoms with van der Waals surface area (Å²) in [5.74, 6) is 1.06. The van der Waals surface area contributed by atoms with Crippen LogP contribution in [0.3, 0.4) is 0 Å². The highest BCUT2D eigenvalue weighted by Gasteiger charge is 2.22. The number of aromatic amines is 1. The van der Waals surface area contributed by atoms with E-state index in [0.717, 1.165) is 39.4 Å². The summed E-state index contributed by atoms with van der Waals surface area (Å²) in [6.07, 6.45) is 1.81. The highest BCUT2D eigenvalue weighted by molar-refractivity contribution is 5.93. The molecule has 120 valence electrons. The van der Waals surface area contributed by atoms with Gasteiger partial charge in [-0.15, -0.1) is 0 Å². The number of ether oxygens (including phenoxy) is 2. The molecule has 1 aliphatic heterocycles. The Balaban J connectivity index is 1.79. The second-order valence-electron chi connectivity index (χ2n) is 5.68. The monoisotopic (exact) mass is 320 g/mol. The quantitative estimate of drug-likeness (QED) is 0.775. The van der Waals surface area contributed by atoms with Gasteiger partial charge in [0.25, 0.3) is 0 Å². The molecule has 0 bridgehead atoms. The second-order valence-corrected chi connectivity index (χ2v) is 5.68. The molecule has 3 N–H and O–H groups in total. The van der Waals surface area contributed by atoms with Crippen molar-refractivity contribution in [1.82, 2.24) is 4.98 Å². The number of hydrogen-bond donors (Lipinski definition) is 2. The van der Waals surface area contributed by atoms with Crippen LogP contribution < -0.4 is 15.2 Å². The maximum atomic E-state index is 11.2. The van der Waals surface area contributed by atoms with Crippen molar-refractivity contribution in [2.24, 2.45) is 5.73 Å². The van der Waals surface area contributed by atoms with E-state index in [1.807, 2.05) is 30.5 Å². The van der Waals surface area contributed by atoms with Crippen LogP contribution in [0, 0.1) is 6.92 Å². The minimum absolute atomic E-state index is 0.250. The molecule has 2 heterocycles. The Labute approximate surface area is 139 Å². The lowest BCUT2D eigenvalue weighted by atomic mass is 9.94. The van der Waals surface area contributed by atoms with Gasteiger partial charge in [-0.3, -0.25) is 4.79 Å². The van der Waals surface area contributed by atoms with Crippen molar-refractivity contribution in [2.75, 3.05) is 6.79 Å². The molecule has 0 spiro atoms. The molecule has 0 radical (unpaired) electrons. The van der Waals surface area contributed by atoms with Crippen molar-refractivity contribution in [1.29, 1.82) is 0 Å². The third-order valence-corrected chi connectivity index (χ3v) is 4.30. The Kier molecular flexibility index (Phi) is 3.27. The van der Waals surface area contributed by atoms with Crippen LogP contribution in [0.25, 0.3) is 22.4 Å². The molecule has 4 rings (SSSR count). The lowest BCUT2D eigenvalue weighted by Gasteiger charge is -2.12. The summed E-state index contributed by atoms with van der Waals surface area (Å²) in [4.78, 5) is 14.5. The summed E-state index contributed by atoms with van der Waals surface area (Å²) in [6, 6.07) is 13.4. The van der Waals surface area contributed by atoms with Crippen molar-refractivity contribution in [3.63, 3.8) is 0 Å². The molecule has 24 heavy (non-hydrogen) atoms. The fourth-order valence-electron chi connectivity index (χ4n) is 3.03. The van der Waals surface area contributed by atoms with Gasteiger partial charge in [-0.25, -0.2) is 0 Å². The van der Waals surface area contributed by atoms with Crippen LogP contribution in [0.1, 0.15) is 15.9 Å². The van der Waals surface area contributed by atoms with E-state index in [-0.39, 0.29) is 6.79 Å². The van der Waals surface area contributed by atoms with Crippen molar-refractivity contribution >= 4 is 5.91 Å². The molecule has 0 fully saturated rings. The minimum atomic E-state index is -0.425. The summed E-state index contributed by atoms with van der Waals surface area (Å²) in [6.45, 7) is 2.31. The molecule has 5 heteroatoms. The van der Waals surface area contributed by atoms with Gasteiger partial charge >= 0.3 is 0 Å².